The Morgan fingerprint density at radius 3 is 2.38 bits per heavy atom. The van der Waals surface area contributed by atoms with Crippen molar-refractivity contribution in [3.05, 3.63) is 65.9 Å². The molecule has 0 saturated heterocycles. The predicted octanol–water partition coefficient (Wildman–Crippen LogP) is 2.94. The van der Waals surface area contributed by atoms with Crippen LogP contribution in [0.4, 0.5) is 11.4 Å². The second kappa shape index (κ2) is 8.89. The van der Waals surface area contributed by atoms with Crippen molar-refractivity contribution in [2.75, 3.05) is 24.9 Å². The summed E-state index contributed by atoms with van der Waals surface area (Å²) in [6, 6.07) is 15.1. The fraction of sp³-hybridized carbons (Fsp3) is 0.105. The van der Waals surface area contributed by atoms with Crippen molar-refractivity contribution < 1.29 is 19.1 Å². The van der Waals surface area contributed by atoms with E-state index in [1.807, 2.05) is 6.07 Å². The Kier molecular flexibility index (Phi) is 6.34. The maximum Gasteiger partial charge on any atom is 0.339 e. The minimum Gasteiger partial charge on any atom is -0.497 e. The van der Waals surface area contributed by atoms with Crippen molar-refractivity contribution in [3.8, 4) is 11.8 Å². The molecule has 2 aromatic rings. The van der Waals surface area contributed by atoms with Gasteiger partial charge in [0.05, 0.1) is 25.5 Å². The molecule has 0 unspecified atom stereocenters. The van der Waals surface area contributed by atoms with Gasteiger partial charge in [0, 0.05) is 11.9 Å². The molecule has 0 bridgehead atoms. The van der Waals surface area contributed by atoms with E-state index in [0.29, 0.717) is 22.7 Å². The average molecular weight is 351 g/mol. The van der Waals surface area contributed by atoms with Gasteiger partial charge in [-0.1, -0.05) is 12.1 Å². The van der Waals surface area contributed by atoms with Gasteiger partial charge in [-0.05, 0) is 36.4 Å². The van der Waals surface area contributed by atoms with Crippen LogP contribution < -0.4 is 15.4 Å². The lowest BCUT2D eigenvalue weighted by molar-refractivity contribution is -0.112. The van der Waals surface area contributed by atoms with Crippen LogP contribution in [0.15, 0.2) is 60.3 Å². The summed E-state index contributed by atoms with van der Waals surface area (Å²) in [7, 11) is 2.82. The van der Waals surface area contributed by atoms with Crippen molar-refractivity contribution >= 4 is 23.3 Å². The molecule has 132 valence electrons. The van der Waals surface area contributed by atoms with Gasteiger partial charge in [0.25, 0.3) is 5.91 Å². The molecule has 0 radical (unpaired) electrons. The number of benzene rings is 2. The summed E-state index contributed by atoms with van der Waals surface area (Å²) in [6.45, 7) is 0. The van der Waals surface area contributed by atoms with E-state index in [1.165, 1.54) is 13.3 Å². The summed E-state index contributed by atoms with van der Waals surface area (Å²) in [5.74, 6) is -0.455. The van der Waals surface area contributed by atoms with E-state index in [0.717, 1.165) is 0 Å². The number of carbonyl (C=O) groups is 2. The summed E-state index contributed by atoms with van der Waals surface area (Å²) in [5.41, 5.74) is 1.08. The number of nitrogens with zero attached hydrogens (tertiary/aromatic N) is 1. The number of amides is 1. The van der Waals surface area contributed by atoms with Crippen LogP contribution in [-0.2, 0) is 9.53 Å². The summed E-state index contributed by atoms with van der Waals surface area (Å²) in [5, 5.41) is 14.6. The largest absolute Gasteiger partial charge is 0.497 e. The molecular formula is C19H17N3O4. The number of ether oxygens (including phenoxy) is 2. The van der Waals surface area contributed by atoms with Crippen LogP contribution in [0.5, 0.6) is 5.75 Å². The lowest BCUT2D eigenvalue weighted by atomic mass is 10.2. The third-order valence-corrected chi connectivity index (χ3v) is 3.42. The number of para-hydroxylation sites is 1. The Bertz CT molecular complexity index is 867. The van der Waals surface area contributed by atoms with E-state index in [-0.39, 0.29) is 5.57 Å². The van der Waals surface area contributed by atoms with Crippen LogP contribution >= 0.6 is 0 Å². The molecule has 0 atom stereocenters. The fourth-order valence-electron chi connectivity index (χ4n) is 2.07. The topological polar surface area (TPSA) is 100 Å². The summed E-state index contributed by atoms with van der Waals surface area (Å²) >= 11 is 0. The van der Waals surface area contributed by atoms with Crippen LogP contribution in [0.1, 0.15) is 10.4 Å². The molecule has 2 aromatic carbocycles. The number of nitriles is 1. The Morgan fingerprint density at radius 1 is 1.08 bits per heavy atom. The molecule has 7 nitrogen and oxygen atoms in total. The van der Waals surface area contributed by atoms with Crippen molar-refractivity contribution in [3.63, 3.8) is 0 Å². The predicted molar refractivity (Wildman–Crippen MR) is 96.7 cm³/mol. The van der Waals surface area contributed by atoms with Crippen LogP contribution in [0.2, 0.25) is 0 Å². The molecular weight excluding hydrogens is 334 g/mol. The second-order valence-corrected chi connectivity index (χ2v) is 5.03. The molecule has 0 aliphatic rings. The number of nitrogens with one attached hydrogen (secondary N) is 2. The zero-order valence-electron chi connectivity index (χ0n) is 14.3. The number of hydrogen-bond donors (Lipinski definition) is 2. The van der Waals surface area contributed by atoms with E-state index < -0.39 is 11.9 Å². The third kappa shape index (κ3) is 4.61. The van der Waals surface area contributed by atoms with Crippen LogP contribution in [0.25, 0.3) is 0 Å². The van der Waals surface area contributed by atoms with E-state index in [4.69, 9.17) is 9.47 Å². The summed E-state index contributed by atoms with van der Waals surface area (Å²) < 4.78 is 9.75. The minimum absolute atomic E-state index is 0.152. The standard InChI is InChI=1S/C19H17N3O4/c1-25-15-9-7-14(8-10-15)22-18(23)13(11-20)12-21-17-6-4-3-5-16(17)19(24)26-2/h3-10,12,21H,1-2H3,(H,22,23). The number of hydrogen-bond acceptors (Lipinski definition) is 6. The first kappa shape index (κ1) is 18.5. The first-order valence-electron chi connectivity index (χ1n) is 7.58. The molecule has 0 aliphatic heterocycles. The molecule has 2 N–H and O–H groups in total. The first-order valence-corrected chi connectivity index (χ1v) is 7.58. The second-order valence-electron chi connectivity index (χ2n) is 5.03. The Balaban J connectivity index is 2.14. The quantitative estimate of drug-likeness (QED) is 0.471. The van der Waals surface area contributed by atoms with Gasteiger partial charge in [-0.2, -0.15) is 5.26 Å². The first-order chi connectivity index (χ1) is 12.6. The summed E-state index contributed by atoms with van der Waals surface area (Å²) in [4.78, 5) is 24.0. The lowest BCUT2D eigenvalue weighted by Gasteiger charge is -2.08. The molecule has 0 aliphatic carbocycles. The molecule has 1 amide bonds. The van der Waals surface area contributed by atoms with Gasteiger partial charge in [0.1, 0.15) is 17.4 Å². The van der Waals surface area contributed by atoms with Gasteiger partial charge in [0.2, 0.25) is 0 Å². The van der Waals surface area contributed by atoms with Gasteiger partial charge in [-0.25, -0.2) is 4.79 Å². The molecule has 2 rings (SSSR count). The van der Waals surface area contributed by atoms with E-state index in [9.17, 15) is 14.9 Å². The smallest absolute Gasteiger partial charge is 0.339 e. The fourth-order valence-corrected chi connectivity index (χ4v) is 2.07. The van der Waals surface area contributed by atoms with Gasteiger partial charge >= 0.3 is 5.97 Å². The maximum absolute atomic E-state index is 12.2. The zero-order chi connectivity index (χ0) is 18.9. The lowest BCUT2D eigenvalue weighted by Crippen LogP contribution is -2.15. The van der Waals surface area contributed by atoms with Crippen molar-refractivity contribution in [1.82, 2.24) is 0 Å². The Morgan fingerprint density at radius 2 is 1.77 bits per heavy atom. The van der Waals surface area contributed by atoms with E-state index in [2.05, 4.69) is 10.6 Å². The van der Waals surface area contributed by atoms with Gasteiger partial charge in [0.15, 0.2) is 0 Å². The number of esters is 1. The molecule has 0 fully saturated rings. The molecule has 0 heterocycles. The zero-order valence-corrected chi connectivity index (χ0v) is 14.3. The van der Waals surface area contributed by atoms with Gasteiger partial charge < -0.3 is 20.1 Å². The highest BCUT2D eigenvalue weighted by atomic mass is 16.5. The van der Waals surface area contributed by atoms with Gasteiger partial charge in [-0.3, -0.25) is 4.79 Å². The van der Waals surface area contributed by atoms with Crippen LogP contribution in [0, 0.1) is 11.3 Å². The highest BCUT2D eigenvalue weighted by Gasteiger charge is 2.12. The number of anilines is 2. The van der Waals surface area contributed by atoms with E-state index in [1.54, 1.807) is 55.6 Å². The third-order valence-electron chi connectivity index (χ3n) is 3.42. The summed E-state index contributed by atoms with van der Waals surface area (Å²) in [6.07, 6.45) is 1.24. The monoisotopic (exact) mass is 351 g/mol. The number of rotatable bonds is 6. The maximum atomic E-state index is 12.2. The Hall–Kier alpha value is -3.79. The molecule has 26 heavy (non-hydrogen) atoms. The number of carbonyl (C=O) groups excluding carboxylic acids is 2. The van der Waals surface area contributed by atoms with Crippen LogP contribution in [-0.4, -0.2) is 26.1 Å². The molecule has 7 heteroatoms. The van der Waals surface area contributed by atoms with Crippen molar-refractivity contribution in [2.45, 2.75) is 0 Å². The van der Waals surface area contributed by atoms with Crippen molar-refractivity contribution in [1.29, 1.82) is 5.26 Å². The normalized spacial score (nSPS) is 10.4. The SMILES string of the molecule is COC(=O)c1ccccc1NC=C(C#N)C(=O)Nc1ccc(OC)cc1. The van der Waals surface area contributed by atoms with Crippen LogP contribution in [0.3, 0.4) is 0 Å². The minimum atomic E-state index is -0.583. The average Bonchev–Trinajstić information content (AvgIpc) is 2.68. The van der Waals surface area contributed by atoms with E-state index >= 15 is 0 Å². The number of methoxy groups -OCH3 is 2. The molecule has 0 saturated carbocycles. The highest BCUT2D eigenvalue weighted by molar-refractivity contribution is 6.07. The molecule has 0 spiro atoms. The molecule has 0 aromatic heterocycles. The van der Waals surface area contributed by atoms with Gasteiger partial charge in [-0.15, -0.1) is 0 Å². The van der Waals surface area contributed by atoms with Crippen molar-refractivity contribution in [2.24, 2.45) is 0 Å². The Labute approximate surface area is 150 Å². The highest BCUT2D eigenvalue weighted by Crippen LogP contribution is 2.18.